The molecule has 150 valence electrons. The van der Waals surface area contributed by atoms with Crippen LogP contribution >= 0.6 is 0 Å². The first-order chi connectivity index (χ1) is 14.6. The van der Waals surface area contributed by atoms with Crippen LogP contribution in [0.3, 0.4) is 0 Å². The number of fused-ring (bicyclic) bond motifs is 2. The van der Waals surface area contributed by atoms with Gasteiger partial charge in [0.05, 0.1) is 25.0 Å². The van der Waals surface area contributed by atoms with Crippen molar-refractivity contribution in [3.63, 3.8) is 0 Å². The van der Waals surface area contributed by atoms with Gasteiger partial charge in [-0.15, -0.1) is 0 Å². The second-order valence-electron chi connectivity index (χ2n) is 7.29. The van der Waals surface area contributed by atoms with Crippen LogP contribution in [0.5, 0.6) is 5.75 Å². The molecule has 0 amide bonds. The number of nitrogens with zero attached hydrogens (tertiary/aromatic N) is 3. The fourth-order valence-corrected chi connectivity index (χ4v) is 4.05. The fourth-order valence-electron chi connectivity index (χ4n) is 4.05. The standard InChI is InChI=1S/C23H19FN4O2/c1-13-15(4-3-5-17(13)24)22-23-27-20(12-28(23)8-9-30-22)19-10-16-18(26-19)7-6-14(11-25)21(16)29-2/h3-7,10,12,22,26H,8-9H2,1-2H3. The first-order valence-electron chi connectivity index (χ1n) is 9.64. The molecule has 7 heteroatoms. The van der Waals surface area contributed by atoms with Gasteiger partial charge < -0.3 is 19.0 Å². The molecule has 0 fully saturated rings. The molecule has 1 aliphatic rings. The van der Waals surface area contributed by atoms with Crippen LogP contribution in [0.15, 0.2) is 42.6 Å². The van der Waals surface area contributed by atoms with Crippen molar-refractivity contribution in [3.8, 4) is 23.2 Å². The Kier molecular flexibility index (Phi) is 4.30. The lowest BCUT2D eigenvalue weighted by molar-refractivity contribution is 0.0424. The van der Waals surface area contributed by atoms with E-state index in [1.807, 2.05) is 24.4 Å². The lowest BCUT2D eigenvalue weighted by Crippen LogP contribution is -2.23. The third-order valence-electron chi connectivity index (χ3n) is 5.61. The molecule has 0 aliphatic carbocycles. The molecule has 0 spiro atoms. The number of nitriles is 1. The number of benzene rings is 2. The number of hydrogen-bond donors (Lipinski definition) is 1. The maximum absolute atomic E-state index is 14.1. The number of H-pyrrole nitrogens is 1. The Labute approximate surface area is 172 Å². The summed E-state index contributed by atoms with van der Waals surface area (Å²) in [5.74, 6) is 1.03. The van der Waals surface area contributed by atoms with E-state index in [2.05, 4.69) is 15.6 Å². The highest BCUT2D eigenvalue weighted by Crippen LogP contribution is 2.36. The zero-order chi connectivity index (χ0) is 20.8. The minimum absolute atomic E-state index is 0.254. The average molecular weight is 402 g/mol. The summed E-state index contributed by atoms with van der Waals surface area (Å²) in [6.45, 7) is 2.96. The molecule has 0 saturated heterocycles. The van der Waals surface area contributed by atoms with E-state index >= 15 is 0 Å². The van der Waals surface area contributed by atoms with Crippen LogP contribution in [0, 0.1) is 24.1 Å². The van der Waals surface area contributed by atoms with Crippen molar-refractivity contribution in [1.82, 2.24) is 14.5 Å². The van der Waals surface area contributed by atoms with Crippen LogP contribution in [0.1, 0.15) is 28.6 Å². The highest BCUT2D eigenvalue weighted by Gasteiger charge is 2.28. The molecule has 1 N–H and O–H groups in total. The molecular formula is C23H19FN4O2. The van der Waals surface area contributed by atoms with E-state index < -0.39 is 6.10 Å². The number of nitrogens with one attached hydrogen (secondary N) is 1. The zero-order valence-electron chi connectivity index (χ0n) is 16.6. The molecule has 1 atom stereocenters. The molecule has 2 aromatic carbocycles. The minimum Gasteiger partial charge on any atom is -0.495 e. The van der Waals surface area contributed by atoms with E-state index in [1.54, 1.807) is 26.2 Å². The van der Waals surface area contributed by atoms with Crippen molar-refractivity contribution in [3.05, 3.63) is 70.9 Å². The maximum Gasteiger partial charge on any atom is 0.146 e. The quantitative estimate of drug-likeness (QED) is 0.548. The largest absolute Gasteiger partial charge is 0.495 e. The first-order valence-corrected chi connectivity index (χ1v) is 9.64. The highest BCUT2D eigenvalue weighted by molar-refractivity contribution is 5.92. The van der Waals surface area contributed by atoms with E-state index in [0.29, 0.717) is 30.0 Å². The monoisotopic (exact) mass is 402 g/mol. The minimum atomic E-state index is -0.424. The summed E-state index contributed by atoms with van der Waals surface area (Å²) < 4.78 is 27.6. The third kappa shape index (κ3) is 2.77. The number of methoxy groups -OCH3 is 1. The van der Waals surface area contributed by atoms with Gasteiger partial charge in [-0.25, -0.2) is 9.37 Å². The molecular weight excluding hydrogens is 383 g/mol. The number of aromatic amines is 1. The Hall–Kier alpha value is -3.63. The van der Waals surface area contributed by atoms with Crippen LogP contribution in [0.25, 0.3) is 22.3 Å². The highest BCUT2D eigenvalue weighted by atomic mass is 19.1. The van der Waals surface area contributed by atoms with Gasteiger partial charge in [0.25, 0.3) is 0 Å². The number of halogens is 1. The van der Waals surface area contributed by atoms with Crippen LogP contribution in [0.2, 0.25) is 0 Å². The Morgan fingerprint density at radius 2 is 2.20 bits per heavy atom. The number of imidazole rings is 1. The van der Waals surface area contributed by atoms with Crippen LogP contribution in [-0.4, -0.2) is 28.3 Å². The van der Waals surface area contributed by atoms with Gasteiger partial charge in [-0.2, -0.15) is 5.26 Å². The lowest BCUT2D eigenvalue weighted by atomic mass is 10.0. The Morgan fingerprint density at radius 3 is 3.00 bits per heavy atom. The summed E-state index contributed by atoms with van der Waals surface area (Å²) in [6, 6.07) is 12.7. The number of aromatic nitrogens is 3. The summed E-state index contributed by atoms with van der Waals surface area (Å²) in [5.41, 5.74) is 4.27. The molecule has 0 radical (unpaired) electrons. The van der Waals surface area contributed by atoms with Crippen molar-refractivity contribution in [1.29, 1.82) is 5.26 Å². The van der Waals surface area contributed by atoms with Gasteiger partial charge in [0.1, 0.15) is 35.3 Å². The van der Waals surface area contributed by atoms with E-state index in [4.69, 9.17) is 14.5 Å². The smallest absolute Gasteiger partial charge is 0.146 e. The summed E-state index contributed by atoms with van der Waals surface area (Å²) in [6.07, 6.45) is 1.55. The van der Waals surface area contributed by atoms with Gasteiger partial charge in [0, 0.05) is 23.6 Å². The maximum atomic E-state index is 14.1. The summed E-state index contributed by atoms with van der Waals surface area (Å²) in [7, 11) is 1.56. The van der Waals surface area contributed by atoms with E-state index in [9.17, 15) is 9.65 Å². The Bertz CT molecular complexity index is 1310. The predicted octanol–water partition coefficient (Wildman–Crippen LogP) is 4.48. The molecule has 1 unspecified atom stereocenters. The SMILES string of the molecule is COc1c(C#N)ccc2[nH]c(-c3cn4c(n3)C(c3cccc(F)c3C)OCC4)cc12. The molecule has 4 aromatic rings. The second kappa shape index (κ2) is 7.01. The van der Waals surface area contributed by atoms with Gasteiger partial charge in [0.2, 0.25) is 0 Å². The first kappa shape index (κ1) is 18.4. The number of rotatable bonds is 3. The zero-order valence-corrected chi connectivity index (χ0v) is 16.6. The van der Waals surface area contributed by atoms with E-state index in [1.165, 1.54) is 6.07 Å². The van der Waals surface area contributed by atoms with Gasteiger partial charge in [0.15, 0.2) is 0 Å². The van der Waals surface area contributed by atoms with Crippen LogP contribution in [-0.2, 0) is 11.3 Å². The number of hydrogen-bond acceptors (Lipinski definition) is 4. The Morgan fingerprint density at radius 1 is 1.33 bits per heavy atom. The molecule has 5 rings (SSSR count). The molecule has 6 nitrogen and oxygen atoms in total. The third-order valence-corrected chi connectivity index (χ3v) is 5.61. The van der Waals surface area contributed by atoms with Crippen molar-refractivity contribution in [2.24, 2.45) is 0 Å². The summed E-state index contributed by atoms with van der Waals surface area (Å²) in [4.78, 5) is 8.18. The topological polar surface area (TPSA) is 75.9 Å². The molecule has 2 aromatic heterocycles. The molecule has 0 saturated carbocycles. The summed E-state index contributed by atoms with van der Waals surface area (Å²) in [5, 5.41) is 10.2. The van der Waals surface area contributed by atoms with Gasteiger partial charge in [-0.1, -0.05) is 12.1 Å². The van der Waals surface area contributed by atoms with Gasteiger partial charge >= 0.3 is 0 Å². The second-order valence-corrected chi connectivity index (χ2v) is 7.29. The van der Waals surface area contributed by atoms with Crippen molar-refractivity contribution in [2.75, 3.05) is 13.7 Å². The molecule has 3 heterocycles. The average Bonchev–Trinajstić information content (AvgIpc) is 3.38. The van der Waals surface area contributed by atoms with Crippen molar-refractivity contribution >= 4 is 10.9 Å². The van der Waals surface area contributed by atoms with Crippen LogP contribution < -0.4 is 4.74 Å². The van der Waals surface area contributed by atoms with Crippen molar-refractivity contribution in [2.45, 2.75) is 19.6 Å². The molecule has 30 heavy (non-hydrogen) atoms. The molecule has 1 aliphatic heterocycles. The van der Waals surface area contributed by atoms with Gasteiger partial charge in [-0.05, 0) is 42.3 Å². The molecule has 0 bridgehead atoms. The normalized spacial score (nSPS) is 15.7. The van der Waals surface area contributed by atoms with Crippen molar-refractivity contribution < 1.29 is 13.9 Å². The predicted molar refractivity (Wildman–Crippen MR) is 110 cm³/mol. The van der Waals surface area contributed by atoms with E-state index in [-0.39, 0.29) is 5.82 Å². The lowest BCUT2D eigenvalue weighted by Gasteiger charge is -2.25. The Balaban J connectivity index is 1.61. The van der Waals surface area contributed by atoms with E-state index in [0.717, 1.165) is 33.7 Å². The van der Waals surface area contributed by atoms with Crippen LogP contribution in [0.4, 0.5) is 4.39 Å². The fraction of sp³-hybridized carbons (Fsp3) is 0.217. The summed E-state index contributed by atoms with van der Waals surface area (Å²) >= 11 is 0. The number of ether oxygens (including phenoxy) is 2. The van der Waals surface area contributed by atoms with Gasteiger partial charge in [-0.3, -0.25) is 0 Å².